The van der Waals surface area contributed by atoms with Gasteiger partial charge in [-0.3, -0.25) is 14.4 Å². The number of ether oxygens (including phenoxy) is 2. The van der Waals surface area contributed by atoms with Crippen molar-refractivity contribution in [1.29, 1.82) is 0 Å². The van der Waals surface area contributed by atoms with Gasteiger partial charge in [0, 0.05) is 50.2 Å². The van der Waals surface area contributed by atoms with Gasteiger partial charge in [0.05, 0.1) is 30.4 Å². The van der Waals surface area contributed by atoms with Crippen LogP contribution >= 0.6 is 0 Å². The molecular formula is C36H57N3O6. The molecule has 0 unspecified atom stereocenters. The van der Waals surface area contributed by atoms with E-state index in [1.54, 1.807) is 17.0 Å². The minimum absolute atomic E-state index is 0.00151. The minimum Gasteiger partial charge on any atom is -0.490 e. The molecule has 0 aromatic heterocycles. The summed E-state index contributed by atoms with van der Waals surface area (Å²) < 4.78 is 12.8. The quantitative estimate of drug-likeness (QED) is 0.382. The molecule has 1 heterocycles. The number of carbonyl (C=O) groups excluding carboxylic acids is 3. The van der Waals surface area contributed by atoms with Gasteiger partial charge in [-0.2, -0.15) is 0 Å². The van der Waals surface area contributed by atoms with Crippen LogP contribution in [0.4, 0.5) is 5.69 Å². The van der Waals surface area contributed by atoms with Gasteiger partial charge in [-0.15, -0.1) is 0 Å². The molecule has 3 amide bonds. The van der Waals surface area contributed by atoms with Crippen molar-refractivity contribution in [2.45, 2.75) is 122 Å². The highest BCUT2D eigenvalue weighted by molar-refractivity contribution is 6.00. The minimum atomic E-state index is -0.458. The first-order valence-electron chi connectivity index (χ1n) is 17.6. The highest BCUT2D eigenvalue weighted by atomic mass is 16.5. The number of amides is 3. The van der Waals surface area contributed by atoms with E-state index < -0.39 is 6.04 Å². The Morgan fingerprint density at radius 2 is 1.62 bits per heavy atom. The molecule has 45 heavy (non-hydrogen) atoms. The second-order valence-corrected chi connectivity index (χ2v) is 13.9. The maximum atomic E-state index is 14.4. The summed E-state index contributed by atoms with van der Waals surface area (Å²) in [5.74, 6) is 0.366. The molecular weight excluding hydrogens is 570 g/mol. The lowest BCUT2D eigenvalue weighted by molar-refractivity contribution is -0.138. The molecule has 2 N–H and O–H groups in total. The number of anilines is 1. The van der Waals surface area contributed by atoms with Crippen LogP contribution in [-0.4, -0.2) is 84.2 Å². The molecule has 1 aromatic rings. The maximum Gasteiger partial charge on any atom is 0.258 e. The average Bonchev–Trinajstić information content (AvgIpc) is 3.06. The summed E-state index contributed by atoms with van der Waals surface area (Å²) in [6.07, 6.45) is 12.6. The molecule has 9 nitrogen and oxygen atoms in total. The van der Waals surface area contributed by atoms with Crippen LogP contribution in [0.25, 0.3) is 0 Å². The van der Waals surface area contributed by atoms with Crippen LogP contribution in [-0.2, 0) is 14.3 Å². The number of likely N-dealkylation sites (N-methyl/N-ethyl adjacent to an activating group) is 1. The lowest BCUT2D eigenvalue weighted by Gasteiger charge is -2.36. The average molecular weight is 628 g/mol. The Morgan fingerprint density at radius 1 is 0.978 bits per heavy atom. The third-order valence-electron chi connectivity index (χ3n) is 10.1. The number of carbonyl (C=O) groups is 3. The van der Waals surface area contributed by atoms with Gasteiger partial charge in [0.2, 0.25) is 11.8 Å². The zero-order valence-corrected chi connectivity index (χ0v) is 28.1. The van der Waals surface area contributed by atoms with E-state index in [4.69, 9.17) is 9.47 Å². The van der Waals surface area contributed by atoms with Crippen molar-refractivity contribution in [1.82, 2.24) is 9.80 Å². The Bertz CT molecular complexity index is 1120. The van der Waals surface area contributed by atoms with E-state index >= 15 is 0 Å². The van der Waals surface area contributed by atoms with E-state index in [-0.39, 0.29) is 54.3 Å². The molecule has 9 heteroatoms. The van der Waals surface area contributed by atoms with E-state index in [0.717, 1.165) is 70.6 Å². The molecule has 0 bridgehead atoms. The van der Waals surface area contributed by atoms with Gasteiger partial charge in [0.15, 0.2) is 0 Å². The standard InChI is InChI=1S/C36H57N3O6/c1-25-22-39(26(2)24-40)36(43)31-21-30(37-34(41)28-14-7-5-8-15-28)18-19-32(31)45-27(3)13-11-12-20-44-33(25)23-38(4)35(42)29-16-9-6-10-17-29/h18-19,21,25-29,33,40H,5-17,20,22-24H2,1-4H3,(H,37,41)/t25-,26-,27+,33-/m0/s1. The van der Waals surface area contributed by atoms with E-state index in [2.05, 4.69) is 12.2 Å². The van der Waals surface area contributed by atoms with Gasteiger partial charge in [-0.25, -0.2) is 0 Å². The van der Waals surface area contributed by atoms with Gasteiger partial charge < -0.3 is 29.7 Å². The van der Waals surface area contributed by atoms with Gasteiger partial charge in [0.25, 0.3) is 5.91 Å². The van der Waals surface area contributed by atoms with Crippen LogP contribution in [0.1, 0.15) is 115 Å². The highest BCUT2D eigenvalue weighted by Crippen LogP contribution is 2.31. The van der Waals surface area contributed by atoms with Crippen LogP contribution in [0.2, 0.25) is 0 Å². The van der Waals surface area contributed by atoms with Crippen LogP contribution in [0.5, 0.6) is 5.75 Å². The number of rotatable bonds is 7. The SMILES string of the molecule is C[C@@H]1CCCCO[C@@H](CN(C)C(=O)C2CCCCC2)[C@@H](C)CN([C@@H](C)CO)C(=O)c2cc(NC(=O)C3CCCCC3)ccc2O1. The molecule has 1 aliphatic heterocycles. The lowest BCUT2D eigenvalue weighted by atomic mass is 9.88. The third-order valence-corrected chi connectivity index (χ3v) is 10.1. The molecule has 2 fully saturated rings. The fourth-order valence-corrected chi connectivity index (χ4v) is 7.09. The van der Waals surface area contributed by atoms with Crippen LogP contribution in [0.15, 0.2) is 18.2 Å². The Labute approximate surface area is 270 Å². The van der Waals surface area contributed by atoms with Gasteiger partial charge in [-0.1, -0.05) is 45.4 Å². The van der Waals surface area contributed by atoms with E-state index in [1.807, 2.05) is 31.9 Å². The van der Waals surface area contributed by atoms with Gasteiger partial charge >= 0.3 is 0 Å². The number of nitrogens with one attached hydrogen (secondary N) is 1. The smallest absolute Gasteiger partial charge is 0.258 e. The van der Waals surface area contributed by atoms with E-state index in [1.165, 1.54) is 12.8 Å². The molecule has 0 radical (unpaired) electrons. The number of aliphatic hydroxyl groups excluding tert-OH is 1. The Hall–Kier alpha value is -2.65. The second kappa shape index (κ2) is 17.3. The first-order chi connectivity index (χ1) is 21.7. The molecule has 0 spiro atoms. The largest absolute Gasteiger partial charge is 0.490 e. The van der Waals surface area contributed by atoms with Crippen molar-refractivity contribution >= 4 is 23.4 Å². The summed E-state index contributed by atoms with van der Waals surface area (Å²) in [7, 11) is 1.87. The predicted octanol–water partition coefficient (Wildman–Crippen LogP) is 6.04. The summed E-state index contributed by atoms with van der Waals surface area (Å²) in [5.41, 5.74) is 0.943. The van der Waals surface area contributed by atoms with Crippen molar-refractivity contribution in [2.24, 2.45) is 17.8 Å². The summed E-state index contributed by atoms with van der Waals surface area (Å²) in [5, 5.41) is 13.3. The summed E-state index contributed by atoms with van der Waals surface area (Å²) >= 11 is 0. The number of fused-ring (bicyclic) bond motifs is 1. The Kier molecular flexibility index (Phi) is 13.5. The molecule has 0 saturated heterocycles. The molecule has 4 rings (SSSR count). The first-order valence-corrected chi connectivity index (χ1v) is 17.6. The van der Waals surface area contributed by atoms with Crippen LogP contribution < -0.4 is 10.1 Å². The number of nitrogens with zero attached hydrogens (tertiary/aromatic N) is 2. The zero-order chi connectivity index (χ0) is 32.3. The Morgan fingerprint density at radius 3 is 2.29 bits per heavy atom. The monoisotopic (exact) mass is 627 g/mol. The summed E-state index contributed by atoms with van der Waals surface area (Å²) in [4.78, 5) is 44.3. The number of aliphatic hydroxyl groups is 1. The summed E-state index contributed by atoms with van der Waals surface area (Å²) in [6, 6.07) is 4.87. The van der Waals surface area contributed by atoms with Crippen molar-refractivity contribution < 1.29 is 29.0 Å². The lowest BCUT2D eigenvalue weighted by Crippen LogP contribution is -2.48. The number of hydrogen-bond acceptors (Lipinski definition) is 6. The molecule has 1 aromatic carbocycles. The zero-order valence-electron chi connectivity index (χ0n) is 28.1. The topological polar surface area (TPSA) is 108 Å². The van der Waals surface area contributed by atoms with E-state index in [9.17, 15) is 19.5 Å². The Balaban J connectivity index is 1.58. The third kappa shape index (κ3) is 9.92. The summed E-state index contributed by atoms with van der Waals surface area (Å²) in [6.45, 7) is 7.06. The molecule has 252 valence electrons. The van der Waals surface area contributed by atoms with Crippen LogP contribution in [0.3, 0.4) is 0 Å². The van der Waals surface area contributed by atoms with Crippen LogP contribution in [0, 0.1) is 17.8 Å². The van der Waals surface area contributed by atoms with Crippen molar-refractivity contribution in [3.8, 4) is 5.75 Å². The van der Waals surface area contributed by atoms with Gasteiger partial charge in [0.1, 0.15) is 5.75 Å². The normalized spacial score (nSPS) is 25.4. The molecule has 3 aliphatic rings. The van der Waals surface area contributed by atoms with Gasteiger partial charge in [-0.05, 0) is 77.0 Å². The first kappa shape index (κ1) is 35.2. The second-order valence-electron chi connectivity index (χ2n) is 13.9. The van der Waals surface area contributed by atoms with Crippen molar-refractivity contribution in [2.75, 3.05) is 38.7 Å². The molecule has 2 aliphatic carbocycles. The number of benzene rings is 1. The van der Waals surface area contributed by atoms with E-state index in [0.29, 0.717) is 36.7 Å². The van der Waals surface area contributed by atoms with Crippen molar-refractivity contribution in [3.05, 3.63) is 23.8 Å². The fourth-order valence-electron chi connectivity index (χ4n) is 7.09. The molecule has 4 atom stereocenters. The predicted molar refractivity (Wildman–Crippen MR) is 176 cm³/mol. The van der Waals surface area contributed by atoms with Crippen molar-refractivity contribution in [3.63, 3.8) is 0 Å². The maximum absolute atomic E-state index is 14.4. The number of hydrogen-bond donors (Lipinski definition) is 2. The molecule has 2 saturated carbocycles. The highest BCUT2D eigenvalue weighted by Gasteiger charge is 2.32. The fraction of sp³-hybridized carbons (Fsp3) is 0.750.